The molecule has 0 unspecified atom stereocenters. The fraction of sp³-hybridized carbons (Fsp3) is 0.571. The summed E-state index contributed by atoms with van der Waals surface area (Å²) in [5, 5.41) is 0. The van der Waals surface area contributed by atoms with E-state index in [1.54, 1.807) is 19.6 Å². The first-order valence-corrected chi connectivity index (χ1v) is 13.9. The maximum atomic E-state index is 2.51. The van der Waals surface area contributed by atoms with E-state index in [2.05, 4.69) is 62.2 Å². The summed E-state index contributed by atoms with van der Waals surface area (Å²) < 4.78 is 0. The molecule has 1 rings (SSSR count). The Morgan fingerprint density at radius 2 is 0.611 bits per heavy atom. The van der Waals surface area contributed by atoms with Gasteiger partial charge in [-0.1, -0.05) is 0 Å². The Labute approximate surface area is 125 Å². The van der Waals surface area contributed by atoms with Crippen molar-refractivity contribution in [3.05, 3.63) is 12.1 Å². The minimum atomic E-state index is 0.355. The van der Waals surface area contributed by atoms with Crippen LogP contribution in [0, 0.1) is 0 Å². The van der Waals surface area contributed by atoms with Crippen LogP contribution in [-0.2, 0) is 43.6 Å². The van der Waals surface area contributed by atoms with Gasteiger partial charge in [0.2, 0.25) is 19.6 Å². The van der Waals surface area contributed by atoms with Crippen LogP contribution in [-0.4, -0.2) is 50.0 Å². The monoisotopic (exact) mass is 322 g/mol. The summed E-state index contributed by atoms with van der Waals surface area (Å²) in [5.41, 5.74) is 0. The van der Waals surface area contributed by atoms with Crippen molar-refractivity contribution in [1.82, 2.24) is 0 Å². The summed E-state index contributed by atoms with van der Waals surface area (Å²) in [6, 6.07) is 5.02. The number of rotatable bonds is 4. The lowest BCUT2D eigenvalue weighted by molar-refractivity contribution is 1.08. The third kappa shape index (κ3) is 3.81. The molecule has 0 saturated carbocycles. The summed E-state index contributed by atoms with van der Waals surface area (Å²) >= 11 is 0. The van der Waals surface area contributed by atoms with E-state index in [-0.39, 0.29) is 0 Å². The molecule has 1 aromatic rings. The highest BCUT2D eigenvalue weighted by Crippen LogP contribution is 2.31. The van der Waals surface area contributed by atoms with E-state index >= 15 is 0 Å². The molecule has 0 aromatic heterocycles. The molecule has 0 atom stereocenters. The van der Waals surface area contributed by atoms with Crippen LogP contribution in [0.1, 0.15) is 0 Å². The van der Waals surface area contributed by atoms with Gasteiger partial charge in [0.15, 0.2) is 0 Å². The van der Waals surface area contributed by atoms with Crippen molar-refractivity contribution >= 4 is 43.6 Å². The van der Waals surface area contributed by atoms with Crippen LogP contribution in [0.25, 0.3) is 0 Å². The van der Waals surface area contributed by atoms with E-state index in [4.69, 9.17) is 0 Å². The highest BCUT2D eigenvalue weighted by molar-refractivity contribution is 7.99. The molecule has 0 nitrogen and oxygen atoms in total. The first-order valence-electron chi connectivity index (χ1n) is 5.74. The summed E-state index contributed by atoms with van der Waals surface area (Å²) in [7, 11) is 1.42. The lowest BCUT2D eigenvalue weighted by atomic mass is 10.3. The lowest BCUT2D eigenvalue weighted by Gasteiger charge is -2.07. The van der Waals surface area contributed by atoms with Crippen LogP contribution in [0.15, 0.2) is 31.7 Å². The summed E-state index contributed by atoms with van der Waals surface area (Å²) in [6.07, 6.45) is 18.7. The highest BCUT2D eigenvalue weighted by atomic mass is 32.2. The fourth-order valence-electron chi connectivity index (χ4n) is 1.80. The molecule has 0 amide bonds. The molecule has 4 heteroatoms. The van der Waals surface area contributed by atoms with Crippen LogP contribution >= 0.6 is 0 Å². The minimum absolute atomic E-state index is 0.355. The molecule has 0 bridgehead atoms. The number of hydrogen-bond acceptors (Lipinski definition) is 0. The molecule has 18 heavy (non-hydrogen) atoms. The molecule has 0 saturated heterocycles. The van der Waals surface area contributed by atoms with Crippen LogP contribution in [0.3, 0.4) is 0 Å². The zero-order valence-electron chi connectivity index (χ0n) is 12.8. The van der Waals surface area contributed by atoms with Gasteiger partial charge in [0.25, 0.3) is 0 Å². The van der Waals surface area contributed by atoms with E-state index in [9.17, 15) is 0 Å². The molecule has 0 spiro atoms. The van der Waals surface area contributed by atoms with Gasteiger partial charge in [-0.25, -0.2) is 0 Å². The number of benzene rings is 1. The standard InChI is InChI=1S/C14H26S4/c1-15(2)11-9-13(17(5)6)14(18(7)8)10-12(11)16(3)4/h9-10H,1-8H3/q+4. The third-order valence-electron chi connectivity index (χ3n) is 2.77. The molecular formula is C14H26S4+4. The quantitative estimate of drug-likeness (QED) is 0.748. The SMILES string of the molecule is C[S+](C)c1cc([S+](C)C)c([S+](C)C)cc1[S+](C)C. The molecule has 1 aromatic carbocycles. The van der Waals surface area contributed by atoms with Crippen molar-refractivity contribution in [2.24, 2.45) is 0 Å². The minimum Gasteiger partial charge on any atom is 0.0237 e. The first kappa shape index (κ1) is 16.7. The molecule has 0 radical (unpaired) electrons. The van der Waals surface area contributed by atoms with Gasteiger partial charge in [0.05, 0.1) is 12.1 Å². The second-order valence-electron chi connectivity index (χ2n) is 5.01. The summed E-state index contributed by atoms with van der Waals surface area (Å²) in [4.78, 5) is 6.37. The molecule has 0 aliphatic carbocycles. The molecule has 0 aliphatic heterocycles. The van der Waals surface area contributed by atoms with Crippen LogP contribution < -0.4 is 0 Å². The van der Waals surface area contributed by atoms with Gasteiger partial charge in [-0.2, -0.15) is 0 Å². The van der Waals surface area contributed by atoms with Crippen molar-refractivity contribution in [2.75, 3.05) is 50.0 Å². The number of hydrogen-bond donors (Lipinski definition) is 0. The average Bonchev–Trinajstić information content (AvgIpc) is 2.26. The normalized spacial score (nSPS) is 12.2. The van der Waals surface area contributed by atoms with Crippen molar-refractivity contribution < 1.29 is 0 Å². The Hall–Kier alpha value is 0.620. The molecule has 0 heterocycles. The Morgan fingerprint density at radius 3 is 0.722 bits per heavy atom. The van der Waals surface area contributed by atoms with Crippen molar-refractivity contribution in [3.63, 3.8) is 0 Å². The van der Waals surface area contributed by atoms with E-state index < -0.39 is 0 Å². The zero-order chi connectivity index (χ0) is 14.0. The van der Waals surface area contributed by atoms with Crippen LogP contribution in [0.2, 0.25) is 0 Å². The summed E-state index contributed by atoms with van der Waals surface area (Å²) in [6.45, 7) is 0. The van der Waals surface area contributed by atoms with Gasteiger partial charge in [-0.3, -0.25) is 0 Å². The van der Waals surface area contributed by atoms with Crippen molar-refractivity contribution in [3.8, 4) is 0 Å². The lowest BCUT2D eigenvalue weighted by Crippen LogP contribution is -2.13. The molecule has 0 N–H and O–H groups in total. The van der Waals surface area contributed by atoms with E-state index in [0.29, 0.717) is 43.6 Å². The maximum absolute atomic E-state index is 2.51. The van der Waals surface area contributed by atoms with Gasteiger partial charge in [0.1, 0.15) is 50.0 Å². The third-order valence-corrected chi connectivity index (χ3v) is 7.90. The van der Waals surface area contributed by atoms with Gasteiger partial charge in [-0.05, 0) is 0 Å². The zero-order valence-corrected chi connectivity index (χ0v) is 16.1. The molecular weight excluding hydrogens is 296 g/mol. The van der Waals surface area contributed by atoms with Crippen LogP contribution in [0.5, 0.6) is 0 Å². The van der Waals surface area contributed by atoms with E-state index in [1.807, 2.05) is 0 Å². The Balaban J connectivity index is 3.50. The predicted octanol–water partition coefficient (Wildman–Crippen LogP) is 2.63. The maximum Gasteiger partial charge on any atom is 0.214 e. The van der Waals surface area contributed by atoms with Crippen LogP contribution in [0.4, 0.5) is 0 Å². The Morgan fingerprint density at radius 1 is 0.444 bits per heavy atom. The predicted molar refractivity (Wildman–Crippen MR) is 96.4 cm³/mol. The average molecular weight is 323 g/mol. The largest absolute Gasteiger partial charge is 0.214 e. The topological polar surface area (TPSA) is 0 Å². The second-order valence-corrected chi connectivity index (χ2v) is 13.3. The van der Waals surface area contributed by atoms with Gasteiger partial charge >= 0.3 is 0 Å². The second kappa shape index (κ2) is 6.87. The van der Waals surface area contributed by atoms with E-state index in [0.717, 1.165) is 0 Å². The molecule has 102 valence electrons. The van der Waals surface area contributed by atoms with Gasteiger partial charge in [0, 0.05) is 43.6 Å². The Kier molecular flexibility index (Phi) is 6.36. The molecule has 0 fully saturated rings. The first-order chi connectivity index (χ1) is 8.25. The molecule has 0 aliphatic rings. The van der Waals surface area contributed by atoms with Crippen molar-refractivity contribution in [1.29, 1.82) is 0 Å². The summed E-state index contributed by atoms with van der Waals surface area (Å²) in [5.74, 6) is 0. The smallest absolute Gasteiger partial charge is 0.0237 e. The fourth-order valence-corrected chi connectivity index (χ4v) is 7.21. The Bertz CT molecular complexity index is 334. The van der Waals surface area contributed by atoms with Gasteiger partial charge < -0.3 is 0 Å². The van der Waals surface area contributed by atoms with Gasteiger partial charge in [-0.15, -0.1) is 0 Å². The highest BCUT2D eigenvalue weighted by Gasteiger charge is 2.34. The van der Waals surface area contributed by atoms with Crippen molar-refractivity contribution in [2.45, 2.75) is 19.6 Å². The van der Waals surface area contributed by atoms with E-state index in [1.165, 1.54) is 0 Å².